The van der Waals surface area contributed by atoms with Crippen molar-refractivity contribution in [2.45, 2.75) is 13.8 Å². The van der Waals surface area contributed by atoms with Crippen LogP contribution in [0.25, 0.3) is 22.9 Å². The number of benzene rings is 1. The molecular formula is C15H12N2O4. The number of nitrogens with zero attached hydrogens (tertiary/aromatic N) is 2. The van der Waals surface area contributed by atoms with Crippen LogP contribution in [0.3, 0.4) is 0 Å². The third kappa shape index (κ3) is 2.20. The summed E-state index contributed by atoms with van der Waals surface area (Å²) in [6.07, 6.45) is 2.98. The maximum absolute atomic E-state index is 11.5. The van der Waals surface area contributed by atoms with E-state index in [-0.39, 0.29) is 17.3 Å². The normalized spacial score (nSPS) is 10.8. The molecule has 0 fully saturated rings. The van der Waals surface area contributed by atoms with Gasteiger partial charge < -0.3 is 13.9 Å². The third-order valence-electron chi connectivity index (χ3n) is 3.24. The van der Waals surface area contributed by atoms with Crippen molar-refractivity contribution in [3.8, 4) is 22.9 Å². The minimum Gasteiger partial charge on any atom is -0.478 e. The van der Waals surface area contributed by atoms with Crippen molar-refractivity contribution in [3.63, 3.8) is 0 Å². The highest BCUT2D eigenvalue weighted by molar-refractivity contribution is 5.97. The molecule has 1 aromatic carbocycles. The second-order valence-electron chi connectivity index (χ2n) is 4.68. The van der Waals surface area contributed by atoms with Crippen molar-refractivity contribution < 1.29 is 18.7 Å². The second kappa shape index (κ2) is 4.90. The first-order valence-electron chi connectivity index (χ1n) is 6.28. The molecule has 0 saturated heterocycles. The van der Waals surface area contributed by atoms with E-state index in [2.05, 4.69) is 10.2 Å². The summed E-state index contributed by atoms with van der Waals surface area (Å²) in [5, 5.41) is 17.3. The molecular weight excluding hydrogens is 272 g/mol. The van der Waals surface area contributed by atoms with Gasteiger partial charge in [0, 0.05) is 0 Å². The van der Waals surface area contributed by atoms with Crippen LogP contribution in [0.2, 0.25) is 0 Å². The van der Waals surface area contributed by atoms with E-state index in [1.165, 1.54) is 12.5 Å². The summed E-state index contributed by atoms with van der Waals surface area (Å²) in [4.78, 5) is 11.5. The van der Waals surface area contributed by atoms with Crippen LogP contribution < -0.4 is 0 Å². The van der Waals surface area contributed by atoms with E-state index in [1.54, 1.807) is 19.1 Å². The molecule has 6 nitrogen and oxygen atoms in total. The van der Waals surface area contributed by atoms with Crippen LogP contribution in [0, 0.1) is 13.8 Å². The zero-order valence-electron chi connectivity index (χ0n) is 11.5. The number of carbonyl (C=O) groups is 1. The van der Waals surface area contributed by atoms with Gasteiger partial charge in [-0.2, -0.15) is 0 Å². The molecule has 0 aliphatic rings. The summed E-state index contributed by atoms with van der Waals surface area (Å²) in [6.45, 7) is 3.54. The van der Waals surface area contributed by atoms with Crippen LogP contribution in [0.4, 0.5) is 0 Å². The monoisotopic (exact) mass is 284 g/mol. The van der Waals surface area contributed by atoms with Crippen LogP contribution in [0.15, 0.2) is 39.6 Å². The zero-order valence-corrected chi connectivity index (χ0v) is 11.5. The number of carboxylic acid groups (broad SMARTS) is 1. The Morgan fingerprint density at radius 3 is 2.48 bits per heavy atom. The van der Waals surface area contributed by atoms with Gasteiger partial charge in [-0.1, -0.05) is 12.1 Å². The quantitative estimate of drug-likeness (QED) is 0.793. The maximum Gasteiger partial charge on any atom is 0.336 e. The molecule has 3 rings (SSSR count). The highest BCUT2D eigenvalue weighted by Gasteiger charge is 2.22. The number of furan rings is 1. The minimum absolute atomic E-state index is 0.178. The summed E-state index contributed by atoms with van der Waals surface area (Å²) in [5.74, 6) is -0.546. The molecule has 0 amide bonds. The fourth-order valence-corrected chi connectivity index (χ4v) is 2.19. The lowest BCUT2D eigenvalue weighted by Gasteiger charge is -2.08. The Kier molecular flexibility index (Phi) is 3.06. The van der Waals surface area contributed by atoms with Gasteiger partial charge in [0.05, 0.1) is 23.0 Å². The van der Waals surface area contributed by atoms with Crippen molar-refractivity contribution in [3.05, 3.63) is 47.4 Å². The Hall–Kier alpha value is -2.89. The topological polar surface area (TPSA) is 89.4 Å². The van der Waals surface area contributed by atoms with Crippen LogP contribution >= 0.6 is 0 Å². The van der Waals surface area contributed by atoms with E-state index in [1.807, 2.05) is 13.0 Å². The molecule has 0 saturated carbocycles. The van der Waals surface area contributed by atoms with Gasteiger partial charge in [0.25, 0.3) is 5.89 Å². The van der Waals surface area contributed by atoms with Gasteiger partial charge in [-0.3, -0.25) is 0 Å². The molecule has 2 aromatic heterocycles. The Morgan fingerprint density at radius 2 is 1.81 bits per heavy atom. The zero-order chi connectivity index (χ0) is 15.0. The molecule has 0 bridgehead atoms. The Balaban J connectivity index is 2.17. The first kappa shape index (κ1) is 13.1. The molecule has 3 aromatic rings. The fraction of sp³-hybridized carbons (Fsp3) is 0.133. The number of rotatable bonds is 3. The lowest BCUT2D eigenvalue weighted by Crippen LogP contribution is -2.04. The molecule has 0 atom stereocenters. The lowest BCUT2D eigenvalue weighted by molar-refractivity contribution is 0.0696. The number of carboxylic acids is 1. The Labute approximate surface area is 120 Å². The number of hydrogen-bond donors (Lipinski definition) is 1. The lowest BCUT2D eigenvalue weighted by atomic mass is 9.97. The molecule has 2 heterocycles. The number of aromatic nitrogens is 2. The van der Waals surface area contributed by atoms with Gasteiger partial charge in [-0.15, -0.1) is 10.2 Å². The van der Waals surface area contributed by atoms with Crippen LogP contribution in [0.1, 0.15) is 21.5 Å². The van der Waals surface area contributed by atoms with Gasteiger partial charge in [-0.25, -0.2) is 4.79 Å². The van der Waals surface area contributed by atoms with E-state index in [9.17, 15) is 9.90 Å². The number of aromatic carboxylic acids is 1. The van der Waals surface area contributed by atoms with Crippen LogP contribution in [-0.2, 0) is 0 Å². The highest BCUT2D eigenvalue weighted by atomic mass is 16.4. The molecule has 0 aliphatic carbocycles. The predicted molar refractivity (Wildman–Crippen MR) is 73.9 cm³/mol. The van der Waals surface area contributed by atoms with E-state index in [0.29, 0.717) is 16.7 Å². The summed E-state index contributed by atoms with van der Waals surface area (Å²) in [7, 11) is 0. The van der Waals surface area contributed by atoms with E-state index >= 15 is 0 Å². The molecule has 0 aliphatic heterocycles. The number of aryl methyl sites for hydroxylation is 2. The smallest absolute Gasteiger partial charge is 0.336 e. The van der Waals surface area contributed by atoms with E-state index < -0.39 is 5.97 Å². The van der Waals surface area contributed by atoms with Gasteiger partial charge in [-0.05, 0) is 31.0 Å². The molecule has 0 unspecified atom stereocenters. The SMILES string of the molecule is Cc1ccc(C)c(-c2nnc(-c3ccoc3)o2)c1C(=O)O. The molecule has 106 valence electrons. The van der Waals surface area contributed by atoms with Crippen LogP contribution in [0.5, 0.6) is 0 Å². The van der Waals surface area contributed by atoms with Gasteiger partial charge >= 0.3 is 5.97 Å². The molecule has 6 heteroatoms. The van der Waals surface area contributed by atoms with Crippen LogP contribution in [-0.4, -0.2) is 21.3 Å². The van der Waals surface area contributed by atoms with Gasteiger partial charge in [0.2, 0.25) is 5.89 Å². The summed E-state index contributed by atoms with van der Waals surface area (Å²) < 4.78 is 10.6. The van der Waals surface area contributed by atoms with Gasteiger partial charge in [0.1, 0.15) is 6.26 Å². The average Bonchev–Trinajstić information content (AvgIpc) is 3.10. The molecule has 1 N–H and O–H groups in total. The minimum atomic E-state index is -1.02. The van der Waals surface area contributed by atoms with Crippen molar-refractivity contribution in [1.82, 2.24) is 10.2 Å². The Morgan fingerprint density at radius 1 is 1.10 bits per heavy atom. The summed E-state index contributed by atoms with van der Waals surface area (Å²) in [6, 6.07) is 5.28. The van der Waals surface area contributed by atoms with E-state index in [4.69, 9.17) is 8.83 Å². The average molecular weight is 284 g/mol. The standard InChI is InChI=1S/C15H12N2O4/c1-8-3-4-9(2)12(15(18)19)11(8)14-17-16-13(21-14)10-5-6-20-7-10/h3-7H,1-2H3,(H,18,19). The fourth-order valence-electron chi connectivity index (χ4n) is 2.19. The maximum atomic E-state index is 11.5. The largest absolute Gasteiger partial charge is 0.478 e. The van der Waals surface area contributed by atoms with Crippen molar-refractivity contribution in [1.29, 1.82) is 0 Å². The predicted octanol–water partition coefficient (Wildman–Crippen LogP) is 3.31. The summed E-state index contributed by atoms with van der Waals surface area (Å²) in [5.41, 5.74) is 2.68. The highest BCUT2D eigenvalue weighted by Crippen LogP contribution is 2.31. The van der Waals surface area contributed by atoms with Crippen molar-refractivity contribution >= 4 is 5.97 Å². The Bertz CT molecular complexity index is 803. The first-order chi connectivity index (χ1) is 10.1. The van der Waals surface area contributed by atoms with Crippen molar-refractivity contribution in [2.75, 3.05) is 0 Å². The van der Waals surface area contributed by atoms with Crippen molar-refractivity contribution in [2.24, 2.45) is 0 Å². The van der Waals surface area contributed by atoms with Gasteiger partial charge in [0.15, 0.2) is 0 Å². The first-order valence-corrected chi connectivity index (χ1v) is 6.28. The summed E-state index contributed by atoms with van der Waals surface area (Å²) >= 11 is 0. The third-order valence-corrected chi connectivity index (χ3v) is 3.24. The second-order valence-corrected chi connectivity index (χ2v) is 4.68. The molecule has 0 radical (unpaired) electrons. The molecule has 21 heavy (non-hydrogen) atoms. The number of hydrogen-bond acceptors (Lipinski definition) is 5. The molecule has 0 spiro atoms. The van der Waals surface area contributed by atoms with E-state index in [0.717, 1.165) is 5.56 Å².